The molecule has 1 fully saturated rings. The van der Waals surface area contributed by atoms with Crippen LogP contribution in [0.5, 0.6) is 11.5 Å². The highest BCUT2D eigenvalue weighted by atomic mass is 16.5. The molecular formula is C16H25NO2. The molecule has 2 rings (SSSR count). The molecule has 3 nitrogen and oxygen atoms in total. The molecule has 0 aliphatic heterocycles. The average molecular weight is 263 g/mol. The standard InChI is InChI=1S/C16H25NO2/c1-3-18-13-9-11-14(12-10-13)19-16-8-6-4-5-7-15(16)17-2/h9-12,15-17H,3-8H2,1-2H3. The predicted octanol–water partition coefficient (Wildman–Crippen LogP) is 3.38. The van der Waals surface area contributed by atoms with E-state index < -0.39 is 0 Å². The minimum atomic E-state index is 0.283. The lowest BCUT2D eigenvalue weighted by molar-refractivity contribution is 0.148. The molecule has 1 aromatic carbocycles. The van der Waals surface area contributed by atoms with Crippen LogP contribution in [-0.4, -0.2) is 25.8 Å². The van der Waals surface area contributed by atoms with Crippen LogP contribution in [0.1, 0.15) is 39.0 Å². The zero-order valence-electron chi connectivity index (χ0n) is 12.0. The number of hydrogen-bond donors (Lipinski definition) is 1. The number of benzene rings is 1. The van der Waals surface area contributed by atoms with Crippen LogP contribution in [-0.2, 0) is 0 Å². The van der Waals surface area contributed by atoms with Crippen molar-refractivity contribution in [2.24, 2.45) is 0 Å². The molecule has 2 unspecified atom stereocenters. The van der Waals surface area contributed by atoms with Gasteiger partial charge in [-0.05, 0) is 57.5 Å². The van der Waals surface area contributed by atoms with Crippen LogP contribution in [0.2, 0.25) is 0 Å². The van der Waals surface area contributed by atoms with Gasteiger partial charge in [0.2, 0.25) is 0 Å². The minimum absolute atomic E-state index is 0.283. The lowest BCUT2D eigenvalue weighted by atomic mass is 10.1. The highest BCUT2D eigenvalue weighted by Gasteiger charge is 2.23. The van der Waals surface area contributed by atoms with E-state index >= 15 is 0 Å². The number of rotatable bonds is 5. The highest BCUT2D eigenvalue weighted by Crippen LogP contribution is 2.24. The Kier molecular flexibility index (Phi) is 5.52. The van der Waals surface area contributed by atoms with Crippen molar-refractivity contribution in [1.29, 1.82) is 0 Å². The summed E-state index contributed by atoms with van der Waals surface area (Å²) in [5.41, 5.74) is 0. The molecule has 1 aromatic rings. The molecule has 3 heteroatoms. The van der Waals surface area contributed by atoms with Crippen LogP contribution in [0.4, 0.5) is 0 Å². The highest BCUT2D eigenvalue weighted by molar-refractivity contribution is 5.31. The first-order valence-corrected chi connectivity index (χ1v) is 7.40. The van der Waals surface area contributed by atoms with Crippen LogP contribution in [0.25, 0.3) is 0 Å². The van der Waals surface area contributed by atoms with E-state index in [1.165, 1.54) is 25.7 Å². The summed E-state index contributed by atoms with van der Waals surface area (Å²) in [5.74, 6) is 1.84. The molecule has 2 atom stereocenters. The predicted molar refractivity (Wildman–Crippen MR) is 78.0 cm³/mol. The summed E-state index contributed by atoms with van der Waals surface area (Å²) in [6, 6.07) is 8.42. The fourth-order valence-corrected chi connectivity index (χ4v) is 2.70. The molecule has 0 radical (unpaired) electrons. The zero-order chi connectivity index (χ0) is 13.5. The maximum Gasteiger partial charge on any atom is 0.120 e. The maximum atomic E-state index is 6.15. The molecule has 0 bridgehead atoms. The molecule has 0 heterocycles. The third kappa shape index (κ3) is 4.13. The first-order valence-electron chi connectivity index (χ1n) is 7.40. The van der Waals surface area contributed by atoms with E-state index in [1.54, 1.807) is 0 Å². The van der Waals surface area contributed by atoms with Crippen LogP contribution in [0, 0.1) is 0 Å². The van der Waals surface area contributed by atoms with Crippen LogP contribution in [0.3, 0.4) is 0 Å². The van der Waals surface area contributed by atoms with Gasteiger partial charge >= 0.3 is 0 Å². The molecule has 19 heavy (non-hydrogen) atoms. The summed E-state index contributed by atoms with van der Waals surface area (Å²) in [6.45, 7) is 2.69. The molecule has 1 aliphatic carbocycles. The summed E-state index contributed by atoms with van der Waals surface area (Å²) in [7, 11) is 2.03. The van der Waals surface area contributed by atoms with Gasteiger partial charge in [0, 0.05) is 6.04 Å². The smallest absolute Gasteiger partial charge is 0.120 e. The van der Waals surface area contributed by atoms with Crippen molar-refractivity contribution < 1.29 is 9.47 Å². The average Bonchev–Trinajstić information content (AvgIpc) is 2.66. The second-order valence-electron chi connectivity index (χ2n) is 5.09. The Bertz CT molecular complexity index is 364. The molecule has 106 valence electrons. The van der Waals surface area contributed by atoms with Gasteiger partial charge in [0.25, 0.3) is 0 Å². The van der Waals surface area contributed by atoms with Crippen molar-refractivity contribution in [2.75, 3.05) is 13.7 Å². The van der Waals surface area contributed by atoms with Gasteiger partial charge < -0.3 is 14.8 Å². The van der Waals surface area contributed by atoms with E-state index in [1.807, 2.05) is 38.2 Å². The molecule has 1 aliphatic rings. The van der Waals surface area contributed by atoms with Gasteiger partial charge in [0.15, 0.2) is 0 Å². The largest absolute Gasteiger partial charge is 0.494 e. The molecule has 0 aromatic heterocycles. The minimum Gasteiger partial charge on any atom is -0.494 e. The van der Waals surface area contributed by atoms with Gasteiger partial charge in [-0.15, -0.1) is 0 Å². The molecule has 1 saturated carbocycles. The summed E-state index contributed by atoms with van der Waals surface area (Å²) >= 11 is 0. The Labute approximate surface area is 116 Å². The third-order valence-corrected chi connectivity index (χ3v) is 3.75. The molecular weight excluding hydrogens is 238 g/mol. The van der Waals surface area contributed by atoms with E-state index in [2.05, 4.69) is 5.32 Å². The quantitative estimate of drug-likeness (QED) is 0.826. The van der Waals surface area contributed by atoms with Crippen LogP contribution < -0.4 is 14.8 Å². The number of ether oxygens (including phenoxy) is 2. The van der Waals surface area contributed by atoms with Crippen LogP contribution >= 0.6 is 0 Å². The van der Waals surface area contributed by atoms with Gasteiger partial charge in [-0.25, -0.2) is 0 Å². The van der Waals surface area contributed by atoms with E-state index in [0.29, 0.717) is 12.6 Å². The van der Waals surface area contributed by atoms with E-state index in [4.69, 9.17) is 9.47 Å². The summed E-state index contributed by atoms with van der Waals surface area (Å²) in [4.78, 5) is 0. The molecule has 1 N–H and O–H groups in total. The lowest BCUT2D eigenvalue weighted by Gasteiger charge is -2.25. The Balaban J connectivity index is 1.97. The Morgan fingerprint density at radius 1 is 1.05 bits per heavy atom. The molecule has 0 amide bonds. The van der Waals surface area contributed by atoms with Crippen molar-refractivity contribution >= 4 is 0 Å². The van der Waals surface area contributed by atoms with Crippen molar-refractivity contribution in [3.8, 4) is 11.5 Å². The summed E-state index contributed by atoms with van der Waals surface area (Å²) in [5, 5.41) is 3.40. The monoisotopic (exact) mass is 263 g/mol. The number of hydrogen-bond acceptors (Lipinski definition) is 3. The van der Waals surface area contributed by atoms with Gasteiger partial charge in [0.05, 0.1) is 6.61 Å². The van der Waals surface area contributed by atoms with Crippen LogP contribution in [0.15, 0.2) is 24.3 Å². The molecule has 0 saturated heterocycles. The van der Waals surface area contributed by atoms with Gasteiger partial charge in [-0.2, -0.15) is 0 Å². The van der Waals surface area contributed by atoms with Crippen molar-refractivity contribution in [1.82, 2.24) is 5.32 Å². The van der Waals surface area contributed by atoms with Crippen molar-refractivity contribution in [2.45, 2.75) is 51.2 Å². The molecule has 0 spiro atoms. The zero-order valence-corrected chi connectivity index (χ0v) is 12.0. The van der Waals surface area contributed by atoms with Gasteiger partial charge in [-0.3, -0.25) is 0 Å². The van der Waals surface area contributed by atoms with Crippen molar-refractivity contribution in [3.05, 3.63) is 24.3 Å². The Hall–Kier alpha value is -1.22. The third-order valence-electron chi connectivity index (χ3n) is 3.75. The second kappa shape index (κ2) is 7.39. The normalized spacial score (nSPS) is 23.7. The van der Waals surface area contributed by atoms with E-state index in [0.717, 1.165) is 17.9 Å². The summed E-state index contributed by atoms with van der Waals surface area (Å²) < 4.78 is 11.6. The van der Waals surface area contributed by atoms with Gasteiger partial charge in [0.1, 0.15) is 17.6 Å². The summed E-state index contributed by atoms with van der Waals surface area (Å²) in [6.07, 6.45) is 6.51. The first-order chi connectivity index (χ1) is 9.33. The second-order valence-corrected chi connectivity index (χ2v) is 5.09. The van der Waals surface area contributed by atoms with E-state index in [9.17, 15) is 0 Å². The number of likely N-dealkylation sites (N-methyl/N-ethyl adjacent to an activating group) is 1. The number of nitrogens with one attached hydrogen (secondary N) is 1. The Morgan fingerprint density at radius 3 is 2.42 bits per heavy atom. The van der Waals surface area contributed by atoms with Gasteiger partial charge in [-0.1, -0.05) is 12.8 Å². The maximum absolute atomic E-state index is 6.15. The van der Waals surface area contributed by atoms with E-state index in [-0.39, 0.29) is 6.10 Å². The topological polar surface area (TPSA) is 30.5 Å². The fraction of sp³-hybridized carbons (Fsp3) is 0.625. The Morgan fingerprint density at radius 2 is 1.74 bits per heavy atom. The SMILES string of the molecule is CCOc1ccc(OC2CCCCCC2NC)cc1. The van der Waals surface area contributed by atoms with Crippen molar-refractivity contribution in [3.63, 3.8) is 0 Å². The fourth-order valence-electron chi connectivity index (χ4n) is 2.70. The first kappa shape index (κ1) is 14.2. The lowest BCUT2D eigenvalue weighted by Crippen LogP contribution is -2.40.